The Balaban J connectivity index is 1.66. The third-order valence-corrected chi connectivity index (χ3v) is 4.39. The van der Waals surface area contributed by atoms with E-state index in [0.29, 0.717) is 5.56 Å². The maximum absolute atomic E-state index is 12.6. The van der Waals surface area contributed by atoms with E-state index in [1.54, 1.807) is 6.21 Å². The molecule has 3 aromatic rings. The number of nitrogens with one attached hydrogen (secondary N) is 1. The highest BCUT2D eigenvalue weighted by molar-refractivity contribution is 6.08. The van der Waals surface area contributed by atoms with Gasteiger partial charge in [-0.15, -0.1) is 0 Å². The average molecular weight is 360 g/mol. The van der Waals surface area contributed by atoms with Crippen LogP contribution in [0.25, 0.3) is 10.8 Å². The molecule has 3 rings (SSSR count). The van der Waals surface area contributed by atoms with Crippen LogP contribution in [0.3, 0.4) is 0 Å². The molecule has 0 fully saturated rings. The highest BCUT2D eigenvalue weighted by atomic mass is 16.5. The van der Waals surface area contributed by atoms with Gasteiger partial charge in [-0.25, -0.2) is 5.43 Å². The lowest BCUT2D eigenvalue weighted by molar-refractivity contribution is 0.0956. The Morgan fingerprint density at radius 3 is 2.63 bits per heavy atom. The number of fused-ring (bicyclic) bond motifs is 1. The third-order valence-electron chi connectivity index (χ3n) is 4.39. The molecule has 3 aromatic carbocycles. The second-order valence-corrected chi connectivity index (χ2v) is 6.45. The van der Waals surface area contributed by atoms with Crippen molar-refractivity contribution in [2.75, 3.05) is 6.61 Å². The number of carbonyl (C=O) groups excluding carboxylic acids is 1. The molecule has 0 unspecified atom stereocenters. The summed E-state index contributed by atoms with van der Waals surface area (Å²) in [5.74, 6) is 0.635. The van der Waals surface area contributed by atoms with E-state index >= 15 is 0 Å². The third kappa shape index (κ3) is 4.73. The highest BCUT2D eigenvalue weighted by Gasteiger charge is 2.12. The Morgan fingerprint density at radius 2 is 1.85 bits per heavy atom. The molecule has 138 valence electrons. The largest absolute Gasteiger partial charge is 0.494 e. The van der Waals surface area contributed by atoms with Crippen LogP contribution in [-0.4, -0.2) is 18.7 Å². The van der Waals surface area contributed by atoms with Crippen molar-refractivity contribution in [3.63, 3.8) is 0 Å². The summed E-state index contributed by atoms with van der Waals surface area (Å²) in [4.78, 5) is 12.6. The van der Waals surface area contributed by atoms with Gasteiger partial charge in [-0.1, -0.05) is 49.7 Å². The molecular formula is C23H24N2O2. The standard InChI is InChI=1S/C23H24N2O2/c1-3-4-15-27-20-13-10-18(11-14-20)16-24-25-23(26)22-17(2)9-12-19-7-5-6-8-21(19)22/h5-14,16H,3-4,15H2,1-2H3,(H,25,26)/b24-16-. The van der Waals surface area contributed by atoms with Crippen LogP contribution in [-0.2, 0) is 0 Å². The number of aryl methyl sites for hydroxylation is 1. The number of rotatable bonds is 7. The Hall–Kier alpha value is -3.14. The van der Waals surface area contributed by atoms with E-state index in [1.807, 2.05) is 67.6 Å². The van der Waals surface area contributed by atoms with Crippen LogP contribution in [0.1, 0.15) is 41.3 Å². The van der Waals surface area contributed by atoms with Crippen LogP contribution in [0.4, 0.5) is 0 Å². The van der Waals surface area contributed by atoms with Crippen molar-refractivity contribution in [1.29, 1.82) is 0 Å². The van der Waals surface area contributed by atoms with Gasteiger partial charge in [0.15, 0.2) is 0 Å². The summed E-state index contributed by atoms with van der Waals surface area (Å²) >= 11 is 0. The molecular weight excluding hydrogens is 336 g/mol. The number of benzene rings is 3. The van der Waals surface area contributed by atoms with Crippen LogP contribution >= 0.6 is 0 Å². The smallest absolute Gasteiger partial charge is 0.272 e. The molecule has 0 saturated heterocycles. The van der Waals surface area contributed by atoms with E-state index in [1.165, 1.54) is 0 Å². The lowest BCUT2D eigenvalue weighted by Crippen LogP contribution is -2.19. The first kappa shape index (κ1) is 18.6. The first-order valence-electron chi connectivity index (χ1n) is 9.23. The molecule has 0 aromatic heterocycles. The van der Waals surface area contributed by atoms with Gasteiger partial charge in [-0.2, -0.15) is 5.10 Å². The number of hydrazone groups is 1. The second-order valence-electron chi connectivity index (χ2n) is 6.45. The minimum Gasteiger partial charge on any atom is -0.494 e. The first-order chi connectivity index (χ1) is 13.2. The molecule has 27 heavy (non-hydrogen) atoms. The van der Waals surface area contributed by atoms with Gasteiger partial charge in [0.2, 0.25) is 0 Å². The molecule has 0 spiro atoms. The van der Waals surface area contributed by atoms with Crippen LogP contribution in [0.2, 0.25) is 0 Å². The fourth-order valence-electron chi connectivity index (χ4n) is 2.89. The van der Waals surface area contributed by atoms with Crippen molar-refractivity contribution in [3.05, 3.63) is 77.4 Å². The zero-order chi connectivity index (χ0) is 19.1. The van der Waals surface area contributed by atoms with Crippen molar-refractivity contribution in [3.8, 4) is 5.75 Å². The monoisotopic (exact) mass is 360 g/mol. The predicted octanol–water partition coefficient (Wildman–Crippen LogP) is 5.09. The molecule has 0 aliphatic heterocycles. The van der Waals surface area contributed by atoms with Crippen LogP contribution in [0, 0.1) is 6.92 Å². The molecule has 1 amide bonds. The van der Waals surface area contributed by atoms with Gasteiger partial charge in [0.1, 0.15) is 5.75 Å². The number of hydrogen-bond donors (Lipinski definition) is 1. The van der Waals surface area contributed by atoms with E-state index in [4.69, 9.17) is 4.74 Å². The zero-order valence-corrected chi connectivity index (χ0v) is 15.7. The number of carbonyl (C=O) groups is 1. The van der Waals surface area contributed by atoms with Gasteiger partial charge >= 0.3 is 0 Å². The molecule has 0 aliphatic rings. The highest BCUT2D eigenvalue weighted by Crippen LogP contribution is 2.22. The molecule has 1 N–H and O–H groups in total. The molecule has 0 aliphatic carbocycles. The first-order valence-corrected chi connectivity index (χ1v) is 9.23. The summed E-state index contributed by atoms with van der Waals surface area (Å²) in [5.41, 5.74) is 5.12. The lowest BCUT2D eigenvalue weighted by atomic mass is 9.99. The summed E-state index contributed by atoms with van der Waals surface area (Å²) in [5, 5.41) is 6.07. The van der Waals surface area contributed by atoms with Gasteiger partial charge < -0.3 is 4.74 Å². The summed E-state index contributed by atoms with van der Waals surface area (Å²) in [6.45, 7) is 4.80. The normalized spacial score (nSPS) is 11.0. The summed E-state index contributed by atoms with van der Waals surface area (Å²) in [6.07, 6.45) is 3.79. The van der Waals surface area contributed by atoms with Crippen molar-refractivity contribution in [2.24, 2.45) is 5.10 Å². The Bertz CT molecular complexity index is 946. The SMILES string of the molecule is CCCCOc1ccc(/C=N\NC(=O)c2c(C)ccc3ccccc23)cc1. The summed E-state index contributed by atoms with van der Waals surface area (Å²) in [7, 11) is 0. The van der Waals surface area contributed by atoms with Crippen LogP contribution < -0.4 is 10.2 Å². The molecule has 4 nitrogen and oxygen atoms in total. The van der Waals surface area contributed by atoms with Gasteiger partial charge in [0.25, 0.3) is 5.91 Å². The quantitative estimate of drug-likeness (QED) is 0.362. The van der Waals surface area contributed by atoms with Crippen molar-refractivity contribution in [2.45, 2.75) is 26.7 Å². The number of ether oxygens (including phenoxy) is 1. The van der Waals surface area contributed by atoms with E-state index in [-0.39, 0.29) is 5.91 Å². The van der Waals surface area contributed by atoms with Gasteiger partial charge in [-0.05, 0) is 59.5 Å². The van der Waals surface area contributed by atoms with Crippen LogP contribution in [0.5, 0.6) is 5.75 Å². The summed E-state index contributed by atoms with van der Waals surface area (Å²) in [6, 6.07) is 19.5. The molecule has 0 radical (unpaired) electrons. The number of hydrogen-bond acceptors (Lipinski definition) is 3. The van der Waals surface area contributed by atoms with E-state index in [9.17, 15) is 4.79 Å². The Kier molecular flexibility index (Phi) is 6.21. The topological polar surface area (TPSA) is 50.7 Å². The Labute approximate surface area is 159 Å². The maximum atomic E-state index is 12.6. The van der Waals surface area contributed by atoms with Crippen molar-refractivity contribution < 1.29 is 9.53 Å². The molecule has 4 heteroatoms. The fraction of sp³-hybridized carbons (Fsp3) is 0.217. The predicted molar refractivity (Wildman–Crippen MR) is 111 cm³/mol. The minimum absolute atomic E-state index is 0.208. The van der Waals surface area contributed by atoms with Crippen molar-refractivity contribution in [1.82, 2.24) is 5.43 Å². The van der Waals surface area contributed by atoms with E-state index in [0.717, 1.165) is 47.1 Å². The van der Waals surface area contributed by atoms with E-state index in [2.05, 4.69) is 17.5 Å². The maximum Gasteiger partial charge on any atom is 0.272 e. The zero-order valence-electron chi connectivity index (χ0n) is 15.7. The Morgan fingerprint density at radius 1 is 1.07 bits per heavy atom. The number of unbranched alkanes of at least 4 members (excludes halogenated alkanes) is 1. The van der Waals surface area contributed by atoms with Crippen molar-refractivity contribution >= 4 is 22.9 Å². The molecule has 0 heterocycles. The molecule has 0 saturated carbocycles. The summed E-state index contributed by atoms with van der Waals surface area (Å²) < 4.78 is 5.64. The minimum atomic E-state index is -0.208. The molecule has 0 atom stereocenters. The van der Waals surface area contributed by atoms with E-state index < -0.39 is 0 Å². The van der Waals surface area contributed by atoms with Gasteiger partial charge in [-0.3, -0.25) is 4.79 Å². The van der Waals surface area contributed by atoms with Gasteiger partial charge in [0, 0.05) is 0 Å². The second kappa shape index (κ2) is 8.99. The number of nitrogens with zero attached hydrogens (tertiary/aromatic N) is 1. The number of amides is 1. The van der Waals surface area contributed by atoms with Gasteiger partial charge in [0.05, 0.1) is 18.4 Å². The van der Waals surface area contributed by atoms with Crippen LogP contribution in [0.15, 0.2) is 65.8 Å². The lowest BCUT2D eigenvalue weighted by Gasteiger charge is -2.08. The molecule has 0 bridgehead atoms. The fourth-order valence-corrected chi connectivity index (χ4v) is 2.89. The average Bonchev–Trinajstić information content (AvgIpc) is 2.69.